The summed E-state index contributed by atoms with van der Waals surface area (Å²) in [6.07, 6.45) is 3.75. The first kappa shape index (κ1) is 13.4. The Kier molecular flexibility index (Phi) is 4.65. The van der Waals surface area contributed by atoms with E-state index < -0.39 is 0 Å². The van der Waals surface area contributed by atoms with Gasteiger partial charge in [0.05, 0.1) is 7.11 Å². The van der Waals surface area contributed by atoms with E-state index in [2.05, 4.69) is 37.4 Å². The molecular weight excluding hydrogens is 222 g/mol. The maximum Gasteiger partial charge on any atom is 0.122 e. The van der Waals surface area contributed by atoms with Gasteiger partial charge in [0.25, 0.3) is 0 Å². The third kappa shape index (κ3) is 3.05. The van der Waals surface area contributed by atoms with Gasteiger partial charge in [-0.3, -0.25) is 0 Å². The van der Waals surface area contributed by atoms with Gasteiger partial charge in [-0.15, -0.1) is 0 Å². The zero-order valence-corrected chi connectivity index (χ0v) is 11.8. The zero-order chi connectivity index (χ0) is 13.0. The summed E-state index contributed by atoms with van der Waals surface area (Å²) in [7, 11) is 1.78. The molecule has 18 heavy (non-hydrogen) atoms. The van der Waals surface area contributed by atoms with Crippen molar-refractivity contribution in [3.05, 3.63) is 29.3 Å². The van der Waals surface area contributed by atoms with Gasteiger partial charge in [-0.25, -0.2) is 0 Å². The Labute approximate surface area is 111 Å². The number of rotatable bonds is 3. The van der Waals surface area contributed by atoms with Crippen LogP contribution in [0.4, 0.5) is 0 Å². The second-order valence-electron chi connectivity index (χ2n) is 5.53. The van der Waals surface area contributed by atoms with Crippen molar-refractivity contribution >= 4 is 0 Å². The molecule has 1 aromatic carbocycles. The third-order valence-electron chi connectivity index (χ3n) is 3.94. The molecule has 0 bridgehead atoms. The van der Waals surface area contributed by atoms with Gasteiger partial charge in [-0.05, 0) is 61.4 Å². The highest BCUT2D eigenvalue weighted by atomic mass is 16.5. The molecule has 1 aliphatic rings. The fourth-order valence-electron chi connectivity index (χ4n) is 2.76. The van der Waals surface area contributed by atoms with Gasteiger partial charge in [0, 0.05) is 0 Å². The van der Waals surface area contributed by atoms with Crippen LogP contribution in [-0.4, -0.2) is 20.2 Å². The van der Waals surface area contributed by atoms with Gasteiger partial charge in [0.15, 0.2) is 0 Å². The van der Waals surface area contributed by atoms with Crippen molar-refractivity contribution in [2.75, 3.05) is 20.2 Å². The summed E-state index contributed by atoms with van der Waals surface area (Å²) in [5.41, 5.74) is 2.83. The molecule has 0 amide bonds. The predicted octanol–water partition coefficient (Wildman–Crippen LogP) is 3.68. The number of methoxy groups -OCH3 is 1. The molecule has 2 heteroatoms. The normalized spacial score (nSPS) is 20.8. The summed E-state index contributed by atoms with van der Waals surface area (Å²) < 4.78 is 5.55. The zero-order valence-electron chi connectivity index (χ0n) is 11.8. The quantitative estimate of drug-likeness (QED) is 0.880. The molecule has 1 aliphatic heterocycles. The summed E-state index contributed by atoms with van der Waals surface area (Å²) >= 11 is 0. The summed E-state index contributed by atoms with van der Waals surface area (Å²) in [6.45, 7) is 6.78. The molecule has 0 aliphatic carbocycles. The Bertz CT molecular complexity index is 379. The minimum absolute atomic E-state index is 0.582. The standard InChI is InChI=1S/C16H25NO/c1-12(2)14-6-7-16(18-3)15(11-14)13-5-4-9-17-10-8-13/h6-7,11-13,17H,4-5,8-10H2,1-3H3. The highest BCUT2D eigenvalue weighted by molar-refractivity contribution is 5.41. The van der Waals surface area contributed by atoms with Gasteiger partial charge in [0.2, 0.25) is 0 Å². The van der Waals surface area contributed by atoms with Crippen LogP contribution in [0.5, 0.6) is 5.75 Å². The minimum Gasteiger partial charge on any atom is -0.496 e. The van der Waals surface area contributed by atoms with E-state index in [-0.39, 0.29) is 0 Å². The number of hydrogen-bond acceptors (Lipinski definition) is 2. The SMILES string of the molecule is COc1ccc(C(C)C)cc1C1CCCNCC1. The Morgan fingerprint density at radius 2 is 2.06 bits per heavy atom. The van der Waals surface area contributed by atoms with Crippen LogP contribution in [-0.2, 0) is 0 Å². The van der Waals surface area contributed by atoms with Crippen molar-refractivity contribution in [1.29, 1.82) is 0 Å². The van der Waals surface area contributed by atoms with Crippen LogP contribution in [0.15, 0.2) is 18.2 Å². The van der Waals surface area contributed by atoms with Gasteiger partial charge in [-0.2, -0.15) is 0 Å². The lowest BCUT2D eigenvalue weighted by molar-refractivity contribution is 0.402. The van der Waals surface area contributed by atoms with E-state index >= 15 is 0 Å². The summed E-state index contributed by atoms with van der Waals surface area (Å²) in [4.78, 5) is 0. The van der Waals surface area contributed by atoms with E-state index in [1.807, 2.05) is 0 Å². The molecule has 1 fully saturated rings. The van der Waals surface area contributed by atoms with E-state index in [9.17, 15) is 0 Å². The van der Waals surface area contributed by atoms with Crippen LogP contribution in [0.25, 0.3) is 0 Å². The molecule has 0 saturated carbocycles. The van der Waals surface area contributed by atoms with Crippen LogP contribution in [0, 0.1) is 0 Å². The molecule has 0 radical (unpaired) electrons. The lowest BCUT2D eigenvalue weighted by Crippen LogP contribution is -2.14. The average molecular weight is 247 g/mol. The van der Waals surface area contributed by atoms with Crippen LogP contribution in [0.1, 0.15) is 56.1 Å². The van der Waals surface area contributed by atoms with Crippen molar-refractivity contribution in [2.24, 2.45) is 0 Å². The van der Waals surface area contributed by atoms with Crippen molar-refractivity contribution in [1.82, 2.24) is 5.32 Å². The fraction of sp³-hybridized carbons (Fsp3) is 0.625. The number of nitrogens with one attached hydrogen (secondary N) is 1. The molecular formula is C16H25NO. The Morgan fingerprint density at radius 1 is 1.22 bits per heavy atom. The monoisotopic (exact) mass is 247 g/mol. The van der Waals surface area contributed by atoms with Gasteiger partial charge in [0.1, 0.15) is 5.75 Å². The molecule has 1 aromatic rings. The van der Waals surface area contributed by atoms with Crippen molar-refractivity contribution in [3.63, 3.8) is 0 Å². The Balaban J connectivity index is 2.29. The largest absolute Gasteiger partial charge is 0.496 e. The first-order valence-corrected chi connectivity index (χ1v) is 7.11. The molecule has 2 nitrogen and oxygen atoms in total. The van der Waals surface area contributed by atoms with E-state index in [0.29, 0.717) is 11.8 Å². The highest BCUT2D eigenvalue weighted by Crippen LogP contribution is 2.35. The predicted molar refractivity (Wildman–Crippen MR) is 76.5 cm³/mol. The van der Waals surface area contributed by atoms with E-state index in [0.717, 1.165) is 18.8 Å². The molecule has 1 unspecified atom stereocenters. The topological polar surface area (TPSA) is 21.3 Å². The average Bonchev–Trinajstić information content (AvgIpc) is 2.66. The summed E-state index contributed by atoms with van der Waals surface area (Å²) in [5, 5.41) is 3.48. The van der Waals surface area contributed by atoms with E-state index in [1.54, 1.807) is 7.11 Å². The molecule has 1 heterocycles. The fourth-order valence-corrected chi connectivity index (χ4v) is 2.76. The first-order valence-electron chi connectivity index (χ1n) is 7.11. The second kappa shape index (κ2) is 6.24. The molecule has 100 valence electrons. The molecule has 1 N–H and O–H groups in total. The summed E-state index contributed by atoms with van der Waals surface area (Å²) in [6, 6.07) is 6.70. The minimum atomic E-state index is 0.582. The lowest BCUT2D eigenvalue weighted by Gasteiger charge is -2.19. The maximum atomic E-state index is 5.55. The molecule has 0 aromatic heterocycles. The first-order chi connectivity index (χ1) is 8.72. The van der Waals surface area contributed by atoms with Crippen LogP contribution in [0.3, 0.4) is 0 Å². The molecule has 1 saturated heterocycles. The van der Waals surface area contributed by atoms with Crippen LogP contribution < -0.4 is 10.1 Å². The number of benzene rings is 1. The van der Waals surface area contributed by atoms with E-state index in [1.165, 1.54) is 30.4 Å². The number of hydrogen-bond donors (Lipinski definition) is 1. The van der Waals surface area contributed by atoms with E-state index in [4.69, 9.17) is 4.74 Å². The molecule has 2 rings (SSSR count). The third-order valence-corrected chi connectivity index (χ3v) is 3.94. The Morgan fingerprint density at radius 3 is 2.78 bits per heavy atom. The Hall–Kier alpha value is -1.02. The smallest absolute Gasteiger partial charge is 0.122 e. The van der Waals surface area contributed by atoms with Crippen molar-refractivity contribution < 1.29 is 4.74 Å². The number of ether oxygens (including phenoxy) is 1. The lowest BCUT2D eigenvalue weighted by atomic mass is 9.88. The highest BCUT2D eigenvalue weighted by Gasteiger charge is 2.18. The maximum absolute atomic E-state index is 5.55. The van der Waals surface area contributed by atoms with Gasteiger partial charge < -0.3 is 10.1 Å². The molecule has 0 spiro atoms. The van der Waals surface area contributed by atoms with Gasteiger partial charge in [-0.1, -0.05) is 26.0 Å². The second-order valence-corrected chi connectivity index (χ2v) is 5.53. The van der Waals surface area contributed by atoms with Crippen LogP contribution in [0.2, 0.25) is 0 Å². The van der Waals surface area contributed by atoms with Crippen molar-refractivity contribution in [3.8, 4) is 5.75 Å². The van der Waals surface area contributed by atoms with Gasteiger partial charge >= 0.3 is 0 Å². The van der Waals surface area contributed by atoms with Crippen LogP contribution >= 0.6 is 0 Å². The van der Waals surface area contributed by atoms with Crippen molar-refractivity contribution in [2.45, 2.75) is 44.9 Å². The summed E-state index contributed by atoms with van der Waals surface area (Å²) in [5.74, 6) is 2.29. The molecule has 1 atom stereocenters.